The molecule has 2 rings (SSSR count). The Hall–Kier alpha value is -1.09. The van der Waals surface area contributed by atoms with Crippen molar-refractivity contribution < 1.29 is 0 Å². The predicted octanol–water partition coefficient (Wildman–Crippen LogP) is 1.70. The molecular weight excluding hydrogens is 174 g/mol. The summed E-state index contributed by atoms with van der Waals surface area (Å²) in [5.74, 6) is 0. The van der Waals surface area contributed by atoms with Crippen molar-refractivity contribution in [3.05, 3.63) is 24.0 Å². The third kappa shape index (κ3) is 1.87. The molecule has 3 nitrogen and oxygen atoms in total. The van der Waals surface area contributed by atoms with Gasteiger partial charge in [0.25, 0.3) is 0 Å². The number of anilines is 1. The third-order valence-corrected chi connectivity index (χ3v) is 2.74. The molecule has 3 heteroatoms. The van der Waals surface area contributed by atoms with Crippen molar-refractivity contribution in [2.45, 2.75) is 31.8 Å². The van der Waals surface area contributed by atoms with Gasteiger partial charge < -0.3 is 10.6 Å². The van der Waals surface area contributed by atoms with Crippen molar-refractivity contribution in [1.82, 2.24) is 4.98 Å². The highest BCUT2D eigenvalue weighted by molar-refractivity contribution is 5.46. The fourth-order valence-electron chi connectivity index (χ4n) is 1.55. The monoisotopic (exact) mass is 191 g/mol. The van der Waals surface area contributed by atoms with Crippen LogP contribution in [0.4, 0.5) is 5.69 Å². The van der Waals surface area contributed by atoms with E-state index < -0.39 is 0 Å². The standard InChI is InChI=1S/C11H17N3/c1-8(12)11-6-5-10(7-13-11)14(2)9-3-4-9/h5-9H,3-4,12H2,1-2H3/t8-/m1/s1. The second kappa shape index (κ2) is 3.58. The van der Waals surface area contributed by atoms with E-state index in [1.54, 1.807) is 0 Å². The quantitative estimate of drug-likeness (QED) is 0.790. The zero-order valence-electron chi connectivity index (χ0n) is 8.77. The Bertz CT molecular complexity index is 301. The van der Waals surface area contributed by atoms with Crippen LogP contribution in [0.5, 0.6) is 0 Å². The molecule has 1 aliphatic rings. The predicted molar refractivity (Wildman–Crippen MR) is 58.3 cm³/mol. The summed E-state index contributed by atoms with van der Waals surface area (Å²) in [4.78, 5) is 6.63. The minimum atomic E-state index is 0.0234. The number of nitrogens with two attached hydrogens (primary N) is 1. The Labute approximate surface area is 84.9 Å². The van der Waals surface area contributed by atoms with Crippen LogP contribution in [-0.4, -0.2) is 18.1 Å². The van der Waals surface area contributed by atoms with Gasteiger partial charge in [-0.1, -0.05) is 0 Å². The maximum Gasteiger partial charge on any atom is 0.0569 e. The Morgan fingerprint density at radius 2 is 2.21 bits per heavy atom. The topological polar surface area (TPSA) is 42.1 Å². The SMILES string of the molecule is C[C@@H](N)c1ccc(N(C)C2CC2)cn1. The summed E-state index contributed by atoms with van der Waals surface area (Å²) in [6.45, 7) is 1.95. The fraction of sp³-hybridized carbons (Fsp3) is 0.545. The summed E-state index contributed by atoms with van der Waals surface area (Å²) >= 11 is 0. The van der Waals surface area contributed by atoms with Crippen LogP contribution in [0.25, 0.3) is 0 Å². The Morgan fingerprint density at radius 1 is 1.50 bits per heavy atom. The number of aromatic nitrogens is 1. The molecule has 1 saturated carbocycles. The highest BCUT2D eigenvalue weighted by Crippen LogP contribution is 2.29. The Morgan fingerprint density at radius 3 is 2.64 bits per heavy atom. The summed E-state index contributed by atoms with van der Waals surface area (Å²) < 4.78 is 0. The number of nitrogens with zero attached hydrogens (tertiary/aromatic N) is 2. The molecule has 1 fully saturated rings. The van der Waals surface area contributed by atoms with Gasteiger partial charge in [0.15, 0.2) is 0 Å². The van der Waals surface area contributed by atoms with Gasteiger partial charge in [-0.05, 0) is 31.9 Å². The number of rotatable bonds is 3. The first-order chi connectivity index (χ1) is 6.68. The van der Waals surface area contributed by atoms with Crippen molar-refractivity contribution in [3.8, 4) is 0 Å². The minimum absolute atomic E-state index is 0.0234. The van der Waals surface area contributed by atoms with Crippen LogP contribution in [0, 0.1) is 0 Å². The van der Waals surface area contributed by atoms with Gasteiger partial charge in [-0.2, -0.15) is 0 Å². The van der Waals surface area contributed by atoms with Crippen LogP contribution >= 0.6 is 0 Å². The molecule has 1 aliphatic carbocycles. The van der Waals surface area contributed by atoms with Gasteiger partial charge in [-0.15, -0.1) is 0 Å². The van der Waals surface area contributed by atoms with E-state index in [1.807, 2.05) is 19.2 Å². The van der Waals surface area contributed by atoms with Crippen molar-refractivity contribution in [2.24, 2.45) is 5.73 Å². The lowest BCUT2D eigenvalue weighted by atomic mass is 10.2. The first-order valence-corrected chi connectivity index (χ1v) is 5.13. The summed E-state index contributed by atoms with van der Waals surface area (Å²) in [5, 5.41) is 0. The van der Waals surface area contributed by atoms with Crippen molar-refractivity contribution in [3.63, 3.8) is 0 Å². The lowest BCUT2D eigenvalue weighted by molar-refractivity contribution is 0.778. The van der Waals surface area contributed by atoms with Crippen LogP contribution in [0.1, 0.15) is 31.5 Å². The fourth-order valence-corrected chi connectivity index (χ4v) is 1.55. The largest absolute Gasteiger partial charge is 0.370 e. The van der Waals surface area contributed by atoms with E-state index in [1.165, 1.54) is 18.5 Å². The van der Waals surface area contributed by atoms with Gasteiger partial charge in [0.2, 0.25) is 0 Å². The van der Waals surface area contributed by atoms with E-state index in [0.29, 0.717) is 0 Å². The van der Waals surface area contributed by atoms with Gasteiger partial charge in [0.05, 0.1) is 17.6 Å². The Kier molecular flexibility index (Phi) is 2.42. The van der Waals surface area contributed by atoms with E-state index in [9.17, 15) is 0 Å². The first kappa shape index (κ1) is 9.46. The van der Waals surface area contributed by atoms with E-state index in [-0.39, 0.29) is 6.04 Å². The molecule has 1 atom stereocenters. The molecule has 0 saturated heterocycles. The molecule has 0 amide bonds. The summed E-state index contributed by atoms with van der Waals surface area (Å²) in [6.07, 6.45) is 4.54. The third-order valence-electron chi connectivity index (χ3n) is 2.74. The number of pyridine rings is 1. The van der Waals surface area contributed by atoms with E-state index in [4.69, 9.17) is 5.73 Å². The van der Waals surface area contributed by atoms with Gasteiger partial charge in [-0.3, -0.25) is 4.98 Å². The zero-order chi connectivity index (χ0) is 10.1. The van der Waals surface area contributed by atoms with E-state index in [0.717, 1.165) is 11.7 Å². The highest BCUT2D eigenvalue weighted by atomic mass is 15.2. The molecule has 0 aliphatic heterocycles. The normalized spacial score (nSPS) is 17.9. The van der Waals surface area contributed by atoms with Crippen molar-refractivity contribution in [2.75, 3.05) is 11.9 Å². The average molecular weight is 191 g/mol. The van der Waals surface area contributed by atoms with Crippen molar-refractivity contribution in [1.29, 1.82) is 0 Å². The molecule has 14 heavy (non-hydrogen) atoms. The minimum Gasteiger partial charge on any atom is -0.370 e. The number of hydrogen-bond donors (Lipinski definition) is 1. The summed E-state index contributed by atoms with van der Waals surface area (Å²) in [5.41, 5.74) is 7.88. The van der Waals surface area contributed by atoms with Crippen LogP contribution in [0.3, 0.4) is 0 Å². The second-order valence-corrected chi connectivity index (χ2v) is 4.07. The average Bonchev–Trinajstić information content (AvgIpc) is 3.00. The van der Waals surface area contributed by atoms with Gasteiger partial charge in [-0.25, -0.2) is 0 Å². The van der Waals surface area contributed by atoms with Crippen LogP contribution in [0.2, 0.25) is 0 Å². The highest BCUT2D eigenvalue weighted by Gasteiger charge is 2.26. The van der Waals surface area contributed by atoms with Crippen LogP contribution in [0.15, 0.2) is 18.3 Å². The summed E-state index contributed by atoms with van der Waals surface area (Å²) in [6, 6.07) is 4.87. The maximum atomic E-state index is 5.74. The zero-order valence-corrected chi connectivity index (χ0v) is 8.77. The van der Waals surface area contributed by atoms with Crippen molar-refractivity contribution >= 4 is 5.69 Å². The van der Waals surface area contributed by atoms with Gasteiger partial charge >= 0.3 is 0 Å². The summed E-state index contributed by atoms with van der Waals surface area (Å²) in [7, 11) is 2.13. The molecule has 1 aromatic rings. The number of hydrogen-bond acceptors (Lipinski definition) is 3. The lowest BCUT2D eigenvalue weighted by Gasteiger charge is -2.18. The molecule has 0 spiro atoms. The molecule has 0 radical (unpaired) electrons. The second-order valence-electron chi connectivity index (χ2n) is 4.07. The van der Waals surface area contributed by atoms with E-state index in [2.05, 4.69) is 23.0 Å². The maximum absolute atomic E-state index is 5.74. The van der Waals surface area contributed by atoms with Crippen LogP contribution in [-0.2, 0) is 0 Å². The smallest absolute Gasteiger partial charge is 0.0569 e. The molecule has 1 heterocycles. The molecule has 2 N–H and O–H groups in total. The van der Waals surface area contributed by atoms with E-state index >= 15 is 0 Å². The molecule has 1 aromatic heterocycles. The van der Waals surface area contributed by atoms with Gasteiger partial charge in [0.1, 0.15) is 0 Å². The first-order valence-electron chi connectivity index (χ1n) is 5.13. The Balaban J connectivity index is 2.12. The molecular formula is C11H17N3. The molecule has 76 valence electrons. The molecule has 0 bridgehead atoms. The lowest BCUT2D eigenvalue weighted by Crippen LogP contribution is -2.19. The van der Waals surface area contributed by atoms with Crippen LogP contribution < -0.4 is 10.6 Å². The molecule has 0 unspecified atom stereocenters. The molecule has 0 aromatic carbocycles. The van der Waals surface area contributed by atoms with Gasteiger partial charge in [0, 0.05) is 19.1 Å².